The van der Waals surface area contributed by atoms with E-state index in [9.17, 15) is 28.9 Å². The fourth-order valence-electron chi connectivity index (χ4n) is 6.63. The van der Waals surface area contributed by atoms with Crippen LogP contribution in [0.25, 0.3) is 0 Å². The average molecular weight is 999 g/mol. The van der Waals surface area contributed by atoms with Crippen molar-refractivity contribution in [3.8, 4) is 0 Å². The fourth-order valence-corrected chi connectivity index (χ4v) is 7.42. The van der Waals surface area contributed by atoms with Crippen molar-refractivity contribution in [2.45, 2.75) is 213 Å². The maximum Gasteiger partial charge on any atom is 0.472 e. The molecule has 0 bridgehead atoms. The summed E-state index contributed by atoms with van der Waals surface area (Å²) in [7, 11) is -4.77. The normalized spacial score (nSPS) is 14.3. The molecule has 0 aromatic heterocycles. The minimum atomic E-state index is -4.77. The summed E-state index contributed by atoms with van der Waals surface area (Å²) in [5.41, 5.74) is 0. The highest BCUT2D eigenvalue weighted by Gasteiger charge is 2.28. The van der Waals surface area contributed by atoms with Gasteiger partial charge in [0.1, 0.15) is 12.7 Å². The molecule has 12 heteroatoms. The number of esters is 3. The Balaban J connectivity index is 4.83. The molecule has 11 nitrogen and oxygen atoms in total. The lowest BCUT2D eigenvalue weighted by molar-refractivity contribution is -0.161. The molecule has 70 heavy (non-hydrogen) atoms. The topological polar surface area (TPSA) is 155 Å². The molecule has 0 aliphatic carbocycles. The number of phosphoric ester groups is 1. The number of carbonyl (C=O) groups excluding carboxylic acids is 3. The molecule has 0 aromatic rings. The first-order chi connectivity index (χ1) is 34.2. The molecule has 0 fully saturated rings. The Morgan fingerprint density at radius 1 is 0.414 bits per heavy atom. The van der Waals surface area contributed by atoms with Crippen molar-refractivity contribution in [1.29, 1.82) is 0 Å². The van der Waals surface area contributed by atoms with Gasteiger partial charge >= 0.3 is 25.7 Å². The van der Waals surface area contributed by atoms with Crippen LogP contribution >= 0.6 is 7.82 Å². The van der Waals surface area contributed by atoms with Gasteiger partial charge in [0, 0.05) is 19.3 Å². The van der Waals surface area contributed by atoms with E-state index in [1.54, 1.807) is 0 Å². The fraction of sp³-hybridized carbons (Fsp3) is 0.638. The molecule has 0 heterocycles. The quantitative estimate of drug-likeness (QED) is 0.0197. The van der Waals surface area contributed by atoms with Crippen LogP contribution < -0.4 is 0 Å². The number of rotatable bonds is 48. The third-order valence-electron chi connectivity index (χ3n) is 10.7. The zero-order chi connectivity index (χ0) is 51.3. The van der Waals surface area contributed by atoms with Crippen LogP contribution in [0.3, 0.4) is 0 Å². The van der Waals surface area contributed by atoms with Gasteiger partial charge in [-0.25, -0.2) is 4.57 Å². The van der Waals surface area contributed by atoms with Crippen LogP contribution in [-0.4, -0.2) is 66.5 Å². The van der Waals surface area contributed by atoms with Crippen LogP contribution in [0.4, 0.5) is 0 Å². The highest BCUT2D eigenvalue weighted by molar-refractivity contribution is 7.47. The van der Waals surface area contributed by atoms with Gasteiger partial charge in [0.25, 0.3) is 0 Å². The molecule has 0 saturated carbocycles. The lowest BCUT2D eigenvalue weighted by Gasteiger charge is -2.21. The number of phosphoric acid groups is 1. The molecule has 0 aliphatic heterocycles. The van der Waals surface area contributed by atoms with E-state index in [-0.39, 0.29) is 25.9 Å². The van der Waals surface area contributed by atoms with Gasteiger partial charge in [0.05, 0.1) is 19.8 Å². The Hall–Kier alpha value is -3.86. The molecular weight excluding hydrogens is 904 g/mol. The van der Waals surface area contributed by atoms with Crippen molar-refractivity contribution in [2.75, 3.05) is 26.4 Å². The van der Waals surface area contributed by atoms with E-state index in [2.05, 4.69) is 118 Å². The molecule has 0 aliphatic rings. The van der Waals surface area contributed by atoms with Gasteiger partial charge < -0.3 is 24.2 Å². The van der Waals surface area contributed by atoms with Crippen molar-refractivity contribution in [3.63, 3.8) is 0 Å². The standard InChI is InChI=1S/C58H95O11P/c1-4-7-10-13-16-19-22-24-25-26-27-28-29-31-33-35-38-41-44-47-56(60)65-51-55(69-58(62)49-46-43-40-37-34-30-23-20-17-14-11-8-5-2)53-67-70(63,64)66-52-54(50-59)68-57(61)48-45-42-39-36-32-21-18-15-12-9-6-3/h7-8,10-11,15-20,24-25,27-28,30,34,40,43,54-55,59H,4-6,9,12-14,21-23,26,29,31-33,35-39,41-42,44-53H2,1-3H3,(H,63,64)/b10-7-,11-8-,18-15-,19-16-,20-17-,25-24-,28-27-,34-30-,43-40-. The molecule has 0 spiro atoms. The second-order valence-electron chi connectivity index (χ2n) is 17.3. The summed E-state index contributed by atoms with van der Waals surface area (Å²) in [6, 6.07) is 0. The number of aliphatic hydroxyl groups excluding tert-OH is 1. The zero-order valence-corrected chi connectivity index (χ0v) is 44.6. The van der Waals surface area contributed by atoms with E-state index in [4.69, 9.17) is 23.3 Å². The highest BCUT2D eigenvalue weighted by atomic mass is 31.2. The second kappa shape index (κ2) is 51.5. The zero-order valence-electron chi connectivity index (χ0n) is 43.7. The minimum Gasteiger partial charge on any atom is -0.462 e. The monoisotopic (exact) mass is 999 g/mol. The van der Waals surface area contributed by atoms with Gasteiger partial charge in [0.15, 0.2) is 6.10 Å². The molecule has 0 radical (unpaired) electrons. The molecule has 0 amide bonds. The van der Waals surface area contributed by atoms with Gasteiger partial charge in [-0.15, -0.1) is 0 Å². The van der Waals surface area contributed by atoms with Crippen molar-refractivity contribution < 1.29 is 52.2 Å². The summed E-state index contributed by atoms with van der Waals surface area (Å²) >= 11 is 0. The van der Waals surface area contributed by atoms with E-state index in [0.717, 1.165) is 128 Å². The summed E-state index contributed by atoms with van der Waals surface area (Å²) < 4.78 is 39.3. The van der Waals surface area contributed by atoms with E-state index < -0.39 is 57.8 Å². The number of hydrogen-bond donors (Lipinski definition) is 2. The first kappa shape index (κ1) is 66.1. The number of ether oxygens (including phenoxy) is 3. The molecule has 0 aromatic carbocycles. The minimum absolute atomic E-state index is 0.0374. The molecule has 3 unspecified atom stereocenters. The maximum atomic E-state index is 12.8. The first-order valence-electron chi connectivity index (χ1n) is 26.8. The van der Waals surface area contributed by atoms with Crippen LogP contribution in [0.1, 0.15) is 201 Å². The number of aliphatic hydroxyl groups is 1. The predicted octanol–water partition coefficient (Wildman–Crippen LogP) is 15.5. The Kier molecular flexibility index (Phi) is 48.7. The average Bonchev–Trinajstić information content (AvgIpc) is 3.35. The van der Waals surface area contributed by atoms with E-state index >= 15 is 0 Å². The largest absolute Gasteiger partial charge is 0.472 e. The summed E-state index contributed by atoms with van der Waals surface area (Å²) in [6.45, 7) is 4.24. The third-order valence-corrected chi connectivity index (χ3v) is 11.6. The van der Waals surface area contributed by atoms with Crippen molar-refractivity contribution >= 4 is 25.7 Å². The van der Waals surface area contributed by atoms with E-state index in [0.29, 0.717) is 19.3 Å². The summed E-state index contributed by atoms with van der Waals surface area (Å²) in [5.74, 6) is -1.60. The lowest BCUT2D eigenvalue weighted by atomic mass is 10.1. The maximum absolute atomic E-state index is 12.8. The summed E-state index contributed by atoms with van der Waals surface area (Å²) in [5, 5.41) is 9.77. The summed E-state index contributed by atoms with van der Waals surface area (Å²) in [4.78, 5) is 48.3. The Labute approximate surface area is 425 Å². The smallest absolute Gasteiger partial charge is 0.462 e. The molecule has 0 rings (SSSR count). The predicted molar refractivity (Wildman–Crippen MR) is 288 cm³/mol. The molecule has 0 saturated heterocycles. The first-order valence-corrected chi connectivity index (χ1v) is 28.3. The molecule has 3 atom stereocenters. The van der Waals surface area contributed by atoms with Crippen LogP contribution in [-0.2, 0) is 42.2 Å². The van der Waals surface area contributed by atoms with Crippen LogP contribution in [0.2, 0.25) is 0 Å². The van der Waals surface area contributed by atoms with E-state index in [1.807, 2.05) is 12.2 Å². The van der Waals surface area contributed by atoms with Crippen molar-refractivity contribution in [2.24, 2.45) is 0 Å². The van der Waals surface area contributed by atoms with Gasteiger partial charge in [-0.3, -0.25) is 23.4 Å². The van der Waals surface area contributed by atoms with Gasteiger partial charge in [0.2, 0.25) is 0 Å². The van der Waals surface area contributed by atoms with Gasteiger partial charge in [-0.05, 0) is 103 Å². The number of allylic oxidation sites excluding steroid dienone is 18. The third kappa shape index (κ3) is 49.1. The Bertz CT molecular complexity index is 1590. The van der Waals surface area contributed by atoms with Crippen LogP contribution in [0.5, 0.6) is 0 Å². The molecule has 398 valence electrons. The van der Waals surface area contributed by atoms with Gasteiger partial charge in [-0.2, -0.15) is 0 Å². The summed E-state index contributed by atoms with van der Waals surface area (Å²) in [6.07, 6.45) is 60.8. The van der Waals surface area contributed by atoms with Crippen LogP contribution in [0.15, 0.2) is 109 Å². The number of unbranched alkanes of at least 4 members (excludes halogenated alkanes) is 13. The number of carbonyl (C=O) groups is 3. The van der Waals surface area contributed by atoms with Gasteiger partial charge in [-0.1, -0.05) is 188 Å². The Morgan fingerprint density at radius 3 is 1.24 bits per heavy atom. The molecular formula is C58H95O11P. The SMILES string of the molecule is CC/C=C\C/C=C\C/C=C\C/C=C\CCCCCCCCC(=O)OCC(COP(=O)(O)OCC(CO)OC(=O)CCCCCCC/C=C\CCCC)OC(=O)CC/C=C\C/C=C\C/C=C\C/C=C\CC. The van der Waals surface area contributed by atoms with Crippen molar-refractivity contribution in [3.05, 3.63) is 109 Å². The van der Waals surface area contributed by atoms with Crippen LogP contribution in [0, 0.1) is 0 Å². The number of hydrogen-bond acceptors (Lipinski definition) is 10. The van der Waals surface area contributed by atoms with E-state index in [1.165, 1.54) is 12.8 Å². The molecule has 2 N–H and O–H groups in total. The second-order valence-corrected chi connectivity index (χ2v) is 18.7. The Morgan fingerprint density at radius 2 is 0.771 bits per heavy atom. The van der Waals surface area contributed by atoms with Crippen molar-refractivity contribution in [1.82, 2.24) is 0 Å². The highest BCUT2D eigenvalue weighted by Crippen LogP contribution is 2.43. The lowest BCUT2D eigenvalue weighted by Crippen LogP contribution is -2.30.